The number of amides is 1. The van der Waals surface area contributed by atoms with Crippen LogP contribution in [0.1, 0.15) is 16.1 Å². The zero-order chi connectivity index (χ0) is 13.8. The monoisotopic (exact) mass is 323 g/mol. The summed E-state index contributed by atoms with van der Waals surface area (Å²) in [5.41, 5.74) is 0.930. The van der Waals surface area contributed by atoms with E-state index in [2.05, 4.69) is 15.9 Å². The van der Waals surface area contributed by atoms with Gasteiger partial charge in [-0.3, -0.25) is 4.79 Å². The van der Waals surface area contributed by atoms with Gasteiger partial charge in [-0.15, -0.1) is 0 Å². The number of hydrogen-bond acceptors (Lipinski definition) is 3. The van der Waals surface area contributed by atoms with E-state index in [1.165, 1.54) is 6.26 Å². The number of halogens is 1. The third-order valence-electron chi connectivity index (χ3n) is 2.73. The van der Waals surface area contributed by atoms with Crippen molar-refractivity contribution in [2.75, 3.05) is 14.2 Å². The molecule has 1 aromatic heterocycles. The van der Waals surface area contributed by atoms with Crippen molar-refractivity contribution in [3.8, 4) is 5.75 Å². The maximum atomic E-state index is 12.1. The summed E-state index contributed by atoms with van der Waals surface area (Å²) < 4.78 is 11.3. The summed E-state index contributed by atoms with van der Waals surface area (Å²) in [6.45, 7) is 0.447. The first-order valence-corrected chi connectivity index (χ1v) is 6.52. The predicted molar refractivity (Wildman–Crippen MR) is 75.2 cm³/mol. The minimum absolute atomic E-state index is 0.160. The summed E-state index contributed by atoms with van der Waals surface area (Å²) in [5, 5.41) is 0. The van der Waals surface area contributed by atoms with Crippen LogP contribution in [-0.2, 0) is 6.54 Å². The minimum atomic E-state index is -0.160. The second-order valence-electron chi connectivity index (χ2n) is 4.09. The van der Waals surface area contributed by atoms with Gasteiger partial charge < -0.3 is 14.1 Å². The first-order valence-electron chi connectivity index (χ1n) is 5.73. The molecule has 0 saturated heterocycles. The molecule has 1 aromatic carbocycles. The second kappa shape index (κ2) is 5.93. The van der Waals surface area contributed by atoms with E-state index in [9.17, 15) is 4.79 Å². The molecule has 19 heavy (non-hydrogen) atoms. The summed E-state index contributed by atoms with van der Waals surface area (Å²) in [7, 11) is 3.34. The van der Waals surface area contributed by atoms with Crippen LogP contribution in [0.5, 0.6) is 5.75 Å². The van der Waals surface area contributed by atoms with Gasteiger partial charge in [-0.05, 0) is 30.3 Å². The van der Waals surface area contributed by atoms with Gasteiger partial charge in [0.15, 0.2) is 5.76 Å². The Morgan fingerprint density at radius 3 is 2.84 bits per heavy atom. The molecular weight excluding hydrogens is 310 g/mol. The van der Waals surface area contributed by atoms with E-state index >= 15 is 0 Å². The molecule has 1 amide bonds. The van der Waals surface area contributed by atoms with Crippen molar-refractivity contribution in [3.63, 3.8) is 0 Å². The molecule has 0 bridgehead atoms. The average Bonchev–Trinajstić information content (AvgIpc) is 2.92. The number of methoxy groups -OCH3 is 1. The molecule has 4 nitrogen and oxygen atoms in total. The molecule has 0 saturated carbocycles. The first kappa shape index (κ1) is 13.7. The maximum absolute atomic E-state index is 12.1. The number of nitrogens with zero attached hydrogens (tertiary/aromatic N) is 1. The molecule has 0 aliphatic carbocycles. The predicted octanol–water partition coefficient (Wildman–Crippen LogP) is 3.32. The largest absolute Gasteiger partial charge is 0.496 e. The molecule has 0 N–H and O–H groups in total. The zero-order valence-electron chi connectivity index (χ0n) is 10.7. The fraction of sp³-hybridized carbons (Fsp3) is 0.214. The first-order chi connectivity index (χ1) is 9.11. The molecule has 0 spiro atoms. The molecule has 2 aromatic rings. The molecule has 0 atom stereocenters. The summed E-state index contributed by atoms with van der Waals surface area (Å²) in [4.78, 5) is 13.7. The number of rotatable bonds is 4. The lowest BCUT2D eigenvalue weighted by molar-refractivity contribution is 0.0752. The number of hydrogen-bond donors (Lipinski definition) is 0. The highest BCUT2D eigenvalue weighted by molar-refractivity contribution is 9.10. The molecular formula is C14H14BrNO3. The van der Waals surface area contributed by atoms with Crippen molar-refractivity contribution in [3.05, 3.63) is 52.4 Å². The van der Waals surface area contributed by atoms with Crippen LogP contribution < -0.4 is 4.74 Å². The molecule has 0 radical (unpaired) electrons. The Balaban J connectivity index is 2.17. The third kappa shape index (κ3) is 3.17. The van der Waals surface area contributed by atoms with Crippen LogP contribution in [0.2, 0.25) is 0 Å². The van der Waals surface area contributed by atoms with Crippen LogP contribution in [0.25, 0.3) is 0 Å². The van der Waals surface area contributed by atoms with E-state index in [0.29, 0.717) is 12.3 Å². The zero-order valence-corrected chi connectivity index (χ0v) is 12.3. The van der Waals surface area contributed by atoms with E-state index < -0.39 is 0 Å². The van der Waals surface area contributed by atoms with E-state index in [0.717, 1.165) is 15.8 Å². The van der Waals surface area contributed by atoms with Crippen LogP contribution in [0, 0.1) is 0 Å². The highest BCUT2D eigenvalue weighted by Gasteiger charge is 2.16. The molecule has 0 aliphatic rings. The van der Waals surface area contributed by atoms with E-state index in [4.69, 9.17) is 9.15 Å². The highest BCUT2D eigenvalue weighted by Crippen LogP contribution is 2.24. The van der Waals surface area contributed by atoms with Crippen molar-refractivity contribution >= 4 is 21.8 Å². The Morgan fingerprint density at radius 2 is 2.21 bits per heavy atom. The minimum Gasteiger partial charge on any atom is -0.496 e. The van der Waals surface area contributed by atoms with Gasteiger partial charge in [-0.2, -0.15) is 0 Å². The van der Waals surface area contributed by atoms with Crippen LogP contribution in [0.15, 0.2) is 45.5 Å². The van der Waals surface area contributed by atoms with Crippen LogP contribution in [-0.4, -0.2) is 25.0 Å². The van der Waals surface area contributed by atoms with Gasteiger partial charge in [0.1, 0.15) is 5.75 Å². The third-order valence-corrected chi connectivity index (χ3v) is 3.22. The Hall–Kier alpha value is -1.75. The van der Waals surface area contributed by atoms with Crippen LogP contribution >= 0.6 is 15.9 Å². The quantitative estimate of drug-likeness (QED) is 0.866. The lowest BCUT2D eigenvalue weighted by Gasteiger charge is -2.18. The van der Waals surface area contributed by atoms with Gasteiger partial charge in [-0.25, -0.2) is 0 Å². The second-order valence-corrected chi connectivity index (χ2v) is 5.01. The van der Waals surface area contributed by atoms with E-state index in [1.54, 1.807) is 31.2 Å². The number of carbonyl (C=O) groups is 1. The van der Waals surface area contributed by atoms with Crippen molar-refractivity contribution in [2.24, 2.45) is 0 Å². The molecule has 5 heteroatoms. The average molecular weight is 324 g/mol. The molecule has 100 valence electrons. The summed E-state index contributed by atoms with van der Waals surface area (Å²) in [6.07, 6.45) is 1.49. The van der Waals surface area contributed by atoms with Crippen molar-refractivity contribution in [1.29, 1.82) is 0 Å². The topological polar surface area (TPSA) is 42.7 Å². The van der Waals surface area contributed by atoms with Crippen molar-refractivity contribution in [1.82, 2.24) is 4.90 Å². The summed E-state index contributed by atoms with van der Waals surface area (Å²) in [5.74, 6) is 0.922. The fourth-order valence-corrected chi connectivity index (χ4v) is 2.19. The molecule has 0 fully saturated rings. The summed E-state index contributed by atoms with van der Waals surface area (Å²) in [6, 6.07) is 9.05. The SMILES string of the molecule is COc1ccc(Br)cc1CN(C)C(=O)c1ccco1. The summed E-state index contributed by atoms with van der Waals surface area (Å²) >= 11 is 3.41. The maximum Gasteiger partial charge on any atom is 0.289 e. The lowest BCUT2D eigenvalue weighted by atomic mass is 10.2. The highest BCUT2D eigenvalue weighted by atomic mass is 79.9. The Morgan fingerprint density at radius 1 is 1.42 bits per heavy atom. The normalized spacial score (nSPS) is 10.3. The van der Waals surface area contributed by atoms with E-state index in [1.807, 2.05) is 18.2 Å². The number of ether oxygens (including phenoxy) is 1. The number of benzene rings is 1. The molecule has 0 unspecified atom stereocenters. The van der Waals surface area contributed by atoms with Gasteiger partial charge in [0.2, 0.25) is 0 Å². The Bertz CT molecular complexity index is 566. The van der Waals surface area contributed by atoms with Gasteiger partial charge >= 0.3 is 0 Å². The van der Waals surface area contributed by atoms with Gasteiger partial charge in [-0.1, -0.05) is 15.9 Å². The molecule has 1 heterocycles. The molecule has 2 rings (SSSR count). The van der Waals surface area contributed by atoms with Gasteiger partial charge in [0.05, 0.1) is 13.4 Å². The number of furan rings is 1. The van der Waals surface area contributed by atoms with Crippen molar-refractivity contribution < 1.29 is 13.9 Å². The van der Waals surface area contributed by atoms with Crippen LogP contribution in [0.4, 0.5) is 0 Å². The Labute approximate surface area is 120 Å². The lowest BCUT2D eigenvalue weighted by Crippen LogP contribution is -2.26. The Kier molecular flexibility index (Phi) is 4.27. The van der Waals surface area contributed by atoms with Crippen LogP contribution in [0.3, 0.4) is 0 Å². The van der Waals surface area contributed by atoms with Gasteiger partial charge in [0.25, 0.3) is 5.91 Å². The van der Waals surface area contributed by atoms with E-state index in [-0.39, 0.29) is 5.91 Å². The molecule has 0 aliphatic heterocycles. The van der Waals surface area contributed by atoms with Gasteiger partial charge in [0, 0.05) is 23.6 Å². The number of carbonyl (C=O) groups excluding carboxylic acids is 1. The fourth-order valence-electron chi connectivity index (χ4n) is 1.79. The van der Waals surface area contributed by atoms with Crippen molar-refractivity contribution in [2.45, 2.75) is 6.54 Å². The standard InChI is InChI=1S/C14H14BrNO3/c1-16(14(17)13-4-3-7-19-13)9-10-8-11(15)5-6-12(10)18-2/h3-8H,9H2,1-2H3. The smallest absolute Gasteiger partial charge is 0.289 e.